The average Bonchev–Trinajstić information content (AvgIpc) is 3.51. The molecule has 222 valence electrons. The third-order valence-corrected chi connectivity index (χ3v) is 8.98. The molecule has 0 spiro atoms. The predicted octanol–water partition coefficient (Wildman–Crippen LogP) is 2.47. The number of ether oxygens (including phenoxy) is 2. The van der Waals surface area contributed by atoms with Crippen molar-refractivity contribution < 1.29 is 38.1 Å². The summed E-state index contributed by atoms with van der Waals surface area (Å²) in [5, 5.41) is 24.4. The third-order valence-electron chi connectivity index (χ3n) is 7.21. The average molecular weight is 591 g/mol. The Balaban J connectivity index is 1.32. The van der Waals surface area contributed by atoms with Gasteiger partial charge in [-0.2, -0.15) is 5.09 Å². The highest BCUT2D eigenvalue weighted by atomic mass is 31.2. The minimum absolute atomic E-state index is 0.149. The molecule has 41 heavy (non-hydrogen) atoms. The Labute approximate surface area is 236 Å². The molecular weight excluding hydrogens is 555 g/mol. The molecule has 1 aliphatic heterocycles. The van der Waals surface area contributed by atoms with Gasteiger partial charge >= 0.3 is 13.7 Å². The molecule has 2 fully saturated rings. The highest BCUT2D eigenvalue weighted by Crippen LogP contribution is 2.48. The first kappa shape index (κ1) is 29.4. The zero-order valence-corrected chi connectivity index (χ0v) is 23.7. The van der Waals surface area contributed by atoms with Gasteiger partial charge in [0.05, 0.1) is 12.4 Å². The van der Waals surface area contributed by atoms with Crippen molar-refractivity contribution in [2.75, 3.05) is 5.73 Å². The molecule has 1 aliphatic carbocycles. The van der Waals surface area contributed by atoms with Gasteiger partial charge in [0, 0.05) is 0 Å². The maximum Gasteiger partial charge on any atom is 0.459 e. The van der Waals surface area contributed by atoms with Crippen LogP contribution in [0.5, 0.6) is 5.75 Å². The van der Waals surface area contributed by atoms with Crippen LogP contribution in [0.1, 0.15) is 52.2 Å². The normalized spacial score (nSPS) is 26.3. The van der Waals surface area contributed by atoms with E-state index in [1.165, 1.54) is 31.1 Å². The van der Waals surface area contributed by atoms with Crippen LogP contribution < -0.4 is 15.3 Å². The molecule has 1 unspecified atom stereocenters. The van der Waals surface area contributed by atoms with E-state index in [1.54, 1.807) is 30.3 Å². The van der Waals surface area contributed by atoms with Crippen LogP contribution in [-0.2, 0) is 23.4 Å². The highest BCUT2D eigenvalue weighted by Gasteiger charge is 2.49. The van der Waals surface area contributed by atoms with E-state index in [0.29, 0.717) is 11.2 Å². The Morgan fingerprint density at radius 1 is 1.12 bits per heavy atom. The molecule has 0 radical (unpaired) electrons. The summed E-state index contributed by atoms with van der Waals surface area (Å²) in [6, 6.07) is 7.30. The van der Waals surface area contributed by atoms with Crippen molar-refractivity contribution in [1.82, 2.24) is 24.6 Å². The van der Waals surface area contributed by atoms with E-state index in [9.17, 15) is 19.6 Å². The molecule has 1 saturated carbocycles. The van der Waals surface area contributed by atoms with Crippen LogP contribution in [0.4, 0.5) is 5.82 Å². The summed E-state index contributed by atoms with van der Waals surface area (Å²) in [4.78, 5) is 25.1. The number of para-hydroxylation sites is 1. The number of nitrogens with two attached hydrogens (primary N) is 1. The summed E-state index contributed by atoms with van der Waals surface area (Å²) in [5.74, 6) is -0.196. The smallest absolute Gasteiger partial charge is 0.459 e. The SMILES string of the molecule is C[C@H](NP(=O)(Oc1ccccc1)O[C@@H](C)[C@H]1O[C@@H](n2cnc3c(N)ncnc32)[C@H](O)[C@@H]1O)C(=O)OC1CCCCC1. The first-order valence-corrected chi connectivity index (χ1v) is 15.2. The summed E-state index contributed by atoms with van der Waals surface area (Å²) in [6.45, 7) is 3.03. The topological polar surface area (TPSA) is 193 Å². The molecule has 2 aliphatic rings. The molecule has 3 heterocycles. The second-order valence-corrected chi connectivity index (χ2v) is 12.0. The molecule has 15 heteroatoms. The molecule has 1 saturated heterocycles. The van der Waals surface area contributed by atoms with Crippen LogP contribution in [0.3, 0.4) is 0 Å². The highest BCUT2D eigenvalue weighted by molar-refractivity contribution is 7.52. The lowest BCUT2D eigenvalue weighted by atomic mass is 9.98. The van der Waals surface area contributed by atoms with Crippen LogP contribution in [0.25, 0.3) is 11.2 Å². The molecule has 3 aromatic rings. The van der Waals surface area contributed by atoms with Crippen LogP contribution in [0.15, 0.2) is 43.0 Å². The van der Waals surface area contributed by atoms with E-state index < -0.39 is 50.4 Å². The van der Waals surface area contributed by atoms with Gasteiger partial charge in [-0.05, 0) is 51.7 Å². The Bertz CT molecular complexity index is 1390. The number of aliphatic hydroxyl groups excluding tert-OH is 2. The molecule has 1 aromatic carbocycles. The zero-order valence-electron chi connectivity index (χ0n) is 22.8. The van der Waals surface area contributed by atoms with Gasteiger partial charge in [-0.25, -0.2) is 19.5 Å². The third kappa shape index (κ3) is 6.53. The van der Waals surface area contributed by atoms with E-state index in [2.05, 4.69) is 20.0 Å². The molecule has 7 atom stereocenters. The summed E-state index contributed by atoms with van der Waals surface area (Å²) >= 11 is 0. The number of carbonyl (C=O) groups excluding carboxylic acids is 1. The first-order valence-electron chi connectivity index (χ1n) is 13.6. The van der Waals surface area contributed by atoms with Crippen LogP contribution in [0, 0.1) is 0 Å². The lowest BCUT2D eigenvalue weighted by molar-refractivity contribution is -0.152. The van der Waals surface area contributed by atoms with Gasteiger partial charge in [-0.1, -0.05) is 24.6 Å². The molecule has 14 nitrogen and oxygen atoms in total. The van der Waals surface area contributed by atoms with Crippen molar-refractivity contribution in [3.8, 4) is 5.75 Å². The fourth-order valence-electron chi connectivity index (χ4n) is 5.08. The number of imidazole rings is 1. The molecule has 0 bridgehead atoms. The van der Waals surface area contributed by atoms with E-state index in [-0.39, 0.29) is 17.7 Å². The number of benzene rings is 1. The van der Waals surface area contributed by atoms with Crippen molar-refractivity contribution in [2.45, 2.75) is 88.7 Å². The second kappa shape index (κ2) is 12.4. The number of aliphatic hydroxyl groups is 2. The van der Waals surface area contributed by atoms with Crippen LogP contribution in [-0.4, -0.2) is 72.3 Å². The molecule has 0 amide bonds. The summed E-state index contributed by atoms with van der Waals surface area (Å²) < 4.78 is 38.7. The van der Waals surface area contributed by atoms with Gasteiger partial charge in [-0.3, -0.25) is 13.9 Å². The summed E-state index contributed by atoms with van der Waals surface area (Å²) in [5.41, 5.74) is 6.48. The van der Waals surface area contributed by atoms with Gasteiger partial charge < -0.3 is 29.9 Å². The number of hydrogen-bond donors (Lipinski definition) is 4. The Hall–Kier alpha value is -3.13. The van der Waals surface area contributed by atoms with Crippen LogP contribution >= 0.6 is 7.75 Å². The van der Waals surface area contributed by atoms with Crippen molar-refractivity contribution in [2.24, 2.45) is 0 Å². The van der Waals surface area contributed by atoms with Gasteiger partial charge in [-0.15, -0.1) is 0 Å². The number of hydrogen-bond acceptors (Lipinski definition) is 12. The molecule has 5 N–H and O–H groups in total. The quantitative estimate of drug-likeness (QED) is 0.199. The number of carbonyl (C=O) groups is 1. The summed E-state index contributed by atoms with van der Waals surface area (Å²) in [7, 11) is -4.26. The number of rotatable bonds is 10. The van der Waals surface area contributed by atoms with E-state index in [4.69, 9.17) is 24.3 Å². The maximum atomic E-state index is 14.1. The van der Waals surface area contributed by atoms with Crippen LogP contribution in [0.2, 0.25) is 0 Å². The number of anilines is 1. The number of nitrogens with zero attached hydrogens (tertiary/aromatic N) is 4. The zero-order chi connectivity index (χ0) is 29.1. The van der Waals surface area contributed by atoms with Crippen molar-refractivity contribution in [3.63, 3.8) is 0 Å². The van der Waals surface area contributed by atoms with Gasteiger partial charge in [0.25, 0.3) is 0 Å². The van der Waals surface area contributed by atoms with E-state index >= 15 is 0 Å². The minimum Gasteiger partial charge on any atom is -0.461 e. The van der Waals surface area contributed by atoms with E-state index in [0.717, 1.165) is 32.1 Å². The maximum absolute atomic E-state index is 14.1. The molecular formula is C26H35N6O8P. The van der Waals surface area contributed by atoms with Crippen molar-refractivity contribution in [1.29, 1.82) is 0 Å². The largest absolute Gasteiger partial charge is 0.461 e. The summed E-state index contributed by atoms with van der Waals surface area (Å²) in [6.07, 6.45) is 0.910. The first-order chi connectivity index (χ1) is 19.6. The van der Waals surface area contributed by atoms with Crippen molar-refractivity contribution in [3.05, 3.63) is 43.0 Å². The van der Waals surface area contributed by atoms with Gasteiger partial charge in [0.15, 0.2) is 17.7 Å². The number of esters is 1. The molecule has 2 aromatic heterocycles. The lowest BCUT2D eigenvalue weighted by Gasteiger charge is -2.29. The fourth-order valence-corrected chi connectivity index (χ4v) is 6.77. The fraction of sp³-hybridized carbons (Fsp3) is 0.538. The minimum atomic E-state index is -4.26. The molecule has 5 rings (SSSR count). The Morgan fingerprint density at radius 2 is 1.85 bits per heavy atom. The standard InChI is InChI=1S/C26H35N6O8P/c1-15(26(35)37-17-9-5-3-6-10-17)31-41(36,40-18-11-7-4-8-12-18)39-16(2)22-20(33)21(34)25(38-22)32-14-30-19-23(27)28-13-29-24(19)32/h4,7-8,11-17,20-22,25,33-34H,3,5-6,9-10H2,1-2H3,(H,31,36)(H2,27,28,29)/t15-,16-,20-,21+,22+,25+,41?/m0/s1. The second-order valence-electron chi connectivity index (χ2n) is 10.3. The van der Waals surface area contributed by atoms with Gasteiger partial charge in [0.2, 0.25) is 0 Å². The number of aromatic nitrogens is 4. The number of fused-ring (bicyclic) bond motifs is 1. The Morgan fingerprint density at radius 3 is 2.59 bits per heavy atom. The Kier molecular flexibility index (Phi) is 8.88. The monoisotopic (exact) mass is 590 g/mol. The number of nitrogen functional groups attached to an aromatic ring is 1. The van der Waals surface area contributed by atoms with Gasteiger partial charge in [0.1, 0.15) is 48.1 Å². The van der Waals surface area contributed by atoms with Crippen molar-refractivity contribution >= 4 is 30.7 Å². The lowest BCUT2D eigenvalue weighted by Crippen LogP contribution is -2.41. The predicted molar refractivity (Wildman–Crippen MR) is 146 cm³/mol. The van der Waals surface area contributed by atoms with E-state index in [1.807, 2.05) is 0 Å². The number of nitrogens with one attached hydrogen (secondary N) is 1.